The standard InChI is InChI=1S/C16H18BrN3/c1-3-8-18-16-14(17)10(2)19-15(20-16)13-9-11-6-4-5-7-12(11)13/h4-7,13H,3,8-9H2,1-2H3,(H,18,19,20). The summed E-state index contributed by atoms with van der Waals surface area (Å²) in [5.74, 6) is 2.20. The SMILES string of the molecule is CCCNc1nc(C2Cc3ccccc32)nc(C)c1Br. The molecule has 2 aromatic rings. The molecule has 0 saturated carbocycles. The van der Waals surface area contributed by atoms with Crippen LogP contribution in [0, 0.1) is 6.92 Å². The maximum Gasteiger partial charge on any atom is 0.144 e. The van der Waals surface area contributed by atoms with E-state index in [1.54, 1.807) is 0 Å². The maximum atomic E-state index is 4.72. The molecule has 1 unspecified atom stereocenters. The largest absolute Gasteiger partial charge is 0.369 e. The molecule has 3 nitrogen and oxygen atoms in total. The van der Waals surface area contributed by atoms with Gasteiger partial charge in [-0.15, -0.1) is 0 Å². The highest BCUT2D eigenvalue weighted by molar-refractivity contribution is 9.10. The zero-order valence-electron chi connectivity index (χ0n) is 11.8. The van der Waals surface area contributed by atoms with E-state index in [0.29, 0.717) is 5.92 Å². The van der Waals surface area contributed by atoms with Crippen LogP contribution < -0.4 is 5.32 Å². The highest BCUT2D eigenvalue weighted by Crippen LogP contribution is 2.39. The quantitative estimate of drug-likeness (QED) is 0.918. The molecule has 1 N–H and O–H groups in total. The van der Waals surface area contributed by atoms with E-state index < -0.39 is 0 Å². The van der Waals surface area contributed by atoms with Crippen LogP contribution in [0.1, 0.15) is 41.9 Å². The number of nitrogens with one attached hydrogen (secondary N) is 1. The molecule has 0 spiro atoms. The number of nitrogens with zero attached hydrogens (tertiary/aromatic N) is 2. The topological polar surface area (TPSA) is 37.8 Å². The molecule has 3 rings (SSSR count). The molecule has 0 bridgehead atoms. The van der Waals surface area contributed by atoms with Crippen molar-refractivity contribution in [3.05, 3.63) is 51.4 Å². The maximum absolute atomic E-state index is 4.72. The van der Waals surface area contributed by atoms with Gasteiger partial charge < -0.3 is 5.32 Å². The summed E-state index contributed by atoms with van der Waals surface area (Å²) in [7, 11) is 0. The van der Waals surface area contributed by atoms with Crippen molar-refractivity contribution in [2.24, 2.45) is 0 Å². The Hall–Kier alpha value is -1.42. The lowest BCUT2D eigenvalue weighted by Gasteiger charge is -2.29. The Morgan fingerprint density at radius 2 is 2.10 bits per heavy atom. The Kier molecular flexibility index (Phi) is 3.74. The van der Waals surface area contributed by atoms with Crippen molar-refractivity contribution < 1.29 is 0 Å². The van der Waals surface area contributed by atoms with Crippen molar-refractivity contribution in [2.75, 3.05) is 11.9 Å². The normalized spacial score (nSPS) is 16.4. The number of fused-ring (bicyclic) bond motifs is 1. The van der Waals surface area contributed by atoms with Crippen LogP contribution in [0.4, 0.5) is 5.82 Å². The van der Waals surface area contributed by atoms with E-state index in [1.165, 1.54) is 11.1 Å². The molecule has 0 fully saturated rings. The third kappa shape index (κ3) is 2.33. The minimum Gasteiger partial charge on any atom is -0.369 e. The Labute approximate surface area is 128 Å². The van der Waals surface area contributed by atoms with Gasteiger partial charge >= 0.3 is 0 Å². The van der Waals surface area contributed by atoms with Crippen molar-refractivity contribution in [3.8, 4) is 0 Å². The molecular formula is C16H18BrN3. The fourth-order valence-electron chi connectivity index (χ4n) is 2.59. The predicted molar refractivity (Wildman–Crippen MR) is 85.2 cm³/mol. The van der Waals surface area contributed by atoms with Gasteiger partial charge in [0.2, 0.25) is 0 Å². The number of aryl methyl sites for hydroxylation is 1. The average molecular weight is 332 g/mol. The van der Waals surface area contributed by atoms with Crippen LogP contribution in [0.5, 0.6) is 0 Å². The van der Waals surface area contributed by atoms with Gasteiger partial charge in [-0.3, -0.25) is 0 Å². The number of hydrogen-bond acceptors (Lipinski definition) is 3. The van der Waals surface area contributed by atoms with E-state index in [-0.39, 0.29) is 0 Å². The monoisotopic (exact) mass is 331 g/mol. The summed E-state index contributed by atoms with van der Waals surface area (Å²) in [5, 5.41) is 3.37. The summed E-state index contributed by atoms with van der Waals surface area (Å²) in [6, 6.07) is 8.56. The summed E-state index contributed by atoms with van der Waals surface area (Å²) in [6.07, 6.45) is 2.13. The molecule has 104 valence electrons. The zero-order chi connectivity index (χ0) is 14.1. The predicted octanol–water partition coefficient (Wildman–Crippen LogP) is 4.06. The smallest absolute Gasteiger partial charge is 0.144 e. The summed E-state index contributed by atoms with van der Waals surface area (Å²) >= 11 is 3.58. The third-order valence-electron chi connectivity index (χ3n) is 3.74. The molecule has 1 aromatic heterocycles. The van der Waals surface area contributed by atoms with E-state index in [1.807, 2.05) is 6.92 Å². The first-order valence-electron chi connectivity index (χ1n) is 7.06. The van der Waals surface area contributed by atoms with Crippen molar-refractivity contribution in [2.45, 2.75) is 32.6 Å². The van der Waals surface area contributed by atoms with Crippen molar-refractivity contribution in [1.29, 1.82) is 0 Å². The van der Waals surface area contributed by atoms with E-state index in [2.05, 4.69) is 57.4 Å². The number of hydrogen-bond donors (Lipinski definition) is 1. The van der Waals surface area contributed by atoms with Crippen LogP contribution in [0.25, 0.3) is 0 Å². The van der Waals surface area contributed by atoms with Crippen LogP contribution in [0.2, 0.25) is 0 Å². The minimum atomic E-state index is 0.347. The summed E-state index contributed by atoms with van der Waals surface area (Å²) in [6.45, 7) is 5.10. The lowest BCUT2D eigenvalue weighted by atomic mass is 9.77. The van der Waals surface area contributed by atoms with E-state index in [4.69, 9.17) is 4.98 Å². The Balaban J connectivity index is 1.94. The summed E-state index contributed by atoms with van der Waals surface area (Å²) < 4.78 is 0.974. The highest BCUT2D eigenvalue weighted by atomic mass is 79.9. The van der Waals surface area contributed by atoms with Crippen LogP contribution in [0.3, 0.4) is 0 Å². The van der Waals surface area contributed by atoms with E-state index >= 15 is 0 Å². The van der Waals surface area contributed by atoms with Crippen LogP contribution in [0.15, 0.2) is 28.7 Å². The molecule has 1 aromatic carbocycles. The molecule has 0 saturated heterocycles. The molecule has 1 aliphatic carbocycles. The first-order chi connectivity index (χ1) is 9.70. The molecule has 0 aliphatic heterocycles. The number of aromatic nitrogens is 2. The second-order valence-electron chi connectivity index (χ2n) is 5.21. The van der Waals surface area contributed by atoms with Gasteiger partial charge in [0.25, 0.3) is 0 Å². The lowest BCUT2D eigenvalue weighted by Crippen LogP contribution is -2.21. The van der Waals surface area contributed by atoms with Crippen molar-refractivity contribution >= 4 is 21.7 Å². The Morgan fingerprint density at radius 1 is 1.30 bits per heavy atom. The van der Waals surface area contributed by atoms with Gasteiger partial charge in [0.1, 0.15) is 11.6 Å². The summed E-state index contributed by atoms with van der Waals surface area (Å²) in [4.78, 5) is 9.39. The van der Waals surface area contributed by atoms with E-state index in [9.17, 15) is 0 Å². The molecule has 0 radical (unpaired) electrons. The van der Waals surface area contributed by atoms with Crippen molar-refractivity contribution in [3.63, 3.8) is 0 Å². The molecule has 20 heavy (non-hydrogen) atoms. The Morgan fingerprint density at radius 3 is 2.85 bits per heavy atom. The first kappa shape index (κ1) is 13.6. The fraction of sp³-hybridized carbons (Fsp3) is 0.375. The average Bonchev–Trinajstić information content (AvgIpc) is 2.42. The molecule has 4 heteroatoms. The minimum absolute atomic E-state index is 0.347. The lowest BCUT2D eigenvalue weighted by molar-refractivity contribution is 0.656. The van der Waals surface area contributed by atoms with Gasteiger partial charge in [-0.1, -0.05) is 31.2 Å². The van der Waals surface area contributed by atoms with Gasteiger partial charge in [0, 0.05) is 12.5 Å². The second kappa shape index (κ2) is 5.52. The van der Waals surface area contributed by atoms with Gasteiger partial charge in [0.15, 0.2) is 0 Å². The zero-order valence-corrected chi connectivity index (χ0v) is 13.4. The number of benzene rings is 1. The van der Waals surface area contributed by atoms with Crippen LogP contribution in [-0.4, -0.2) is 16.5 Å². The van der Waals surface area contributed by atoms with Gasteiger partial charge in [-0.25, -0.2) is 9.97 Å². The van der Waals surface area contributed by atoms with Crippen molar-refractivity contribution in [1.82, 2.24) is 9.97 Å². The van der Waals surface area contributed by atoms with E-state index in [0.717, 1.165) is 41.2 Å². The van der Waals surface area contributed by atoms with Gasteiger partial charge in [-0.2, -0.15) is 0 Å². The number of rotatable bonds is 4. The van der Waals surface area contributed by atoms with Gasteiger partial charge in [-0.05, 0) is 46.8 Å². The van der Waals surface area contributed by atoms with Crippen LogP contribution >= 0.6 is 15.9 Å². The Bertz CT molecular complexity index is 640. The van der Waals surface area contributed by atoms with Crippen LogP contribution in [-0.2, 0) is 6.42 Å². The number of halogens is 1. The second-order valence-corrected chi connectivity index (χ2v) is 6.01. The molecular weight excluding hydrogens is 314 g/mol. The molecule has 1 heterocycles. The molecule has 1 aliphatic rings. The van der Waals surface area contributed by atoms with Gasteiger partial charge in [0.05, 0.1) is 10.2 Å². The number of anilines is 1. The summed E-state index contributed by atoms with van der Waals surface area (Å²) in [5.41, 5.74) is 3.79. The first-order valence-corrected chi connectivity index (χ1v) is 7.85. The highest BCUT2D eigenvalue weighted by Gasteiger charge is 2.30. The molecule has 1 atom stereocenters. The third-order valence-corrected chi connectivity index (χ3v) is 4.69. The fourth-order valence-corrected chi connectivity index (χ4v) is 2.90. The molecule has 0 amide bonds.